The van der Waals surface area contributed by atoms with Gasteiger partial charge in [0.1, 0.15) is 0 Å². The van der Waals surface area contributed by atoms with Gasteiger partial charge in [0.05, 0.1) is 0 Å². The SMILES string of the molecule is Cc1ccc(CC2CCCCCC2Cl)cc1C. The highest BCUT2D eigenvalue weighted by molar-refractivity contribution is 6.20. The van der Waals surface area contributed by atoms with E-state index >= 15 is 0 Å². The van der Waals surface area contributed by atoms with E-state index in [-0.39, 0.29) is 0 Å². The van der Waals surface area contributed by atoms with Crippen LogP contribution < -0.4 is 0 Å². The Labute approximate surface area is 110 Å². The molecule has 0 nitrogen and oxygen atoms in total. The number of aryl methyl sites for hydroxylation is 2. The van der Waals surface area contributed by atoms with Gasteiger partial charge in [0.2, 0.25) is 0 Å². The Bertz CT molecular complexity index is 370. The van der Waals surface area contributed by atoms with Crippen LogP contribution in [0.2, 0.25) is 0 Å². The first-order chi connectivity index (χ1) is 8.16. The molecule has 0 aromatic heterocycles. The molecule has 1 aliphatic rings. The Morgan fingerprint density at radius 1 is 1.06 bits per heavy atom. The minimum absolute atomic E-state index is 0.388. The van der Waals surface area contributed by atoms with Crippen molar-refractivity contribution in [2.45, 2.75) is 57.7 Å². The second-order valence-corrected chi connectivity index (χ2v) is 6.10. The molecule has 0 heterocycles. The highest BCUT2D eigenvalue weighted by Crippen LogP contribution is 2.30. The van der Waals surface area contributed by atoms with Crippen LogP contribution in [-0.2, 0) is 6.42 Å². The predicted molar refractivity (Wildman–Crippen MR) is 75.8 cm³/mol. The van der Waals surface area contributed by atoms with Crippen LogP contribution in [0.5, 0.6) is 0 Å². The predicted octanol–water partition coefficient (Wildman–Crippen LogP) is 5.03. The highest BCUT2D eigenvalue weighted by atomic mass is 35.5. The standard InChI is InChI=1S/C16H23Cl/c1-12-8-9-14(10-13(12)2)11-15-6-4-3-5-7-16(15)17/h8-10,15-16H,3-7,11H2,1-2H3. The Morgan fingerprint density at radius 2 is 1.82 bits per heavy atom. The molecule has 0 bridgehead atoms. The van der Waals surface area contributed by atoms with Crippen molar-refractivity contribution in [3.05, 3.63) is 34.9 Å². The molecule has 1 saturated carbocycles. The molecule has 1 heteroatoms. The number of hydrogen-bond donors (Lipinski definition) is 0. The van der Waals surface area contributed by atoms with Crippen LogP contribution in [0.15, 0.2) is 18.2 Å². The van der Waals surface area contributed by atoms with Crippen LogP contribution >= 0.6 is 11.6 Å². The van der Waals surface area contributed by atoms with E-state index in [0.717, 1.165) is 6.42 Å². The molecule has 0 amide bonds. The Morgan fingerprint density at radius 3 is 2.59 bits per heavy atom. The van der Waals surface area contributed by atoms with Crippen LogP contribution in [0.4, 0.5) is 0 Å². The number of alkyl halides is 1. The third-order valence-electron chi connectivity index (χ3n) is 4.14. The van der Waals surface area contributed by atoms with Gasteiger partial charge in [0, 0.05) is 5.38 Å². The van der Waals surface area contributed by atoms with Gasteiger partial charge < -0.3 is 0 Å². The van der Waals surface area contributed by atoms with Gasteiger partial charge in [-0.05, 0) is 55.7 Å². The monoisotopic (exact) mass is 250 g/mol. The summed E-state index contributed by atoms with van der Waals surface area (Å²) in [7, 11) is 0. The first-order valence-electron chi connectivity index (χ1n) is 6.87. The van der Waals surface area contributed by atoms with Crippen molar-refractivity contribution in [3.63, 3.8) is 0 Å². The largest absolute Gasteiger partial charge is 0.123 e. The smallest absolute Gasteiger partial charge is 0.0367 e. The molecule has 2 rings (SSSR count). The first kappa shape index (κ1) is 13.0. The van der Waals surface area contributed by atoms with E-state index in [1.807, 2.05) is 0 Å². The molecule has 1 fully saturated rings. The van der Waals surface area contributed by atoms with E-state index in [0.29, 0.717) is 11.3 Å². The molecular weight excluding hydrogens is 228 g/mol. The molecule has 1 aromatic carbocycles. The summed E-state index contributed by atoms with van der Waals surface area (Å²) in [5.74, 6) is 0.682. The molecule has 17 heavy (non-hydrogen) atoms. The van der Waals surface area contributed by atoms with Gasteiger partial charge in [-0.2, -0.15) is 0 Å². The number of benzene rings is 1. The van der Waals surface area contributed by atoms with Crippen LogP contribution in [0, 0.1) is 19.8 Å². The summed E-state index contributed by atoms with van der Waals surface area (Å²) in [4.78, 5) is 0. The maximum atomic E-state index is 6.51. The van der Waals surface area contributed by atoms with Crippen LogP contribution in [0.3, 0.4) is 0 Å². The molecule has 1 aliphatic carbocycles. The third kappa shape index (κ3) is 3.48. The molecular formula is C16H23Cl. The van der Waals surface area contributed by atoms with E-state index < -0.39 is 0 Å². The Balaban J connectivity index is 2.05. The molecule has 1 aromatic rings. The quantitative estimate of drug-likeness (QED) is 0.510. The molecule has 0 spiro atoms. The summed E-state index contributed by atoms with van der Waals surface area (Å²) in [6, 6.07) is 6.85. The van der Waals surface area contributed by atoms with E-state index in [4.69, 9.17) is 11.6 Å². The second kappa shape index (κ2) is 5.91. The van der Waals surface area contributed by atoms with Crippen molar-refractivity contribution >= 4 is 11.6 Å². The Kier molecular flexibility index (Phi) is 4.50. The lowest BCUT2D eigenvalue weighted by molar-refractivity contribution is 0.465. The second-order valence-electron chi connectivity index (χ2n) is 5.54. The van der Waals surface area contributed by atoms with Gasteiger partial charge in [-0.25, -0.2) is 0 Å². The van der Waals surface area contributed by atoms with E-state index in [1.165, 1.54) is 48.8 Å². The van der Waals surface area contributed by atoms with E-state index in [2.05, 4.69) is 32.0 Å². The third-order valence-corrected chi connectivity index (χ3v) is 4.71. The minimum Gasteiger partial charge on any atom is -0.123 e. The fraction of sp³-hybridized carbons (Fsp3) is 0.625. The zero-order chi connectivity index (χ0) is 12.3. The number of halogens is 1. The molecule has 2 unspecified atom stereocenters. The number of rotatable bonds is 2. The summed E-state index contributed by atoms with van der Waals surface area (Å²) >= 11 is 6.51. The number of hydrogen-bond acceptors (Lipinski definition) is 0. The fourth-order valence-corrected chi connectivity index (χ4v) is 3.17. The van der Waals surface area contributed by atoms with E-state index in [9.17, 15) is 0 Å². The summed E-state index contributed by atoms with van der Waals surface area (Å²) < 4.78 is 0. The summed E-state index contributed by atoms with van der Waals surface area (Å²) in [5, 5.41) is 0.388. The average Bonchev–Trinajstić information content (AvgIpc) is 2.50. The lowest BCUT2D eigenvalue weighted by atomic mass is 9.91. The summed E-state index contributed by atoms with van der Waals surface area (Å²) in [6.45, 7) is 4.37. The van der Waals surface area contributed by atoms with Crippen molar-refractivity contribution in [1.29, 1.82) is 0 Å². The van der Waals surface area contributed by atoms with Crippen molar-refractivity contribution in [2.75, 3.05) is 0 Å². The normalized spacial score (nSPS) is 25.6. The van der Waals surface area contributed by atoms with Crippen molar-refractivity contribution < 1.29 is 0 Å². The topological polar surface area (TPSA) is 0 Å². The van der Waals surface area contributed by atoms with Gasteiger partial charge >= 0.3 is 0 Å². The lowest BCUT2D eigenvalue weighted by Crippen LogP contribution is -2.16. The molecule has 0 aliphatic heterocycles. The fourth-order valence-electron chi connectivity index (χ4n) is 2.80. The maximum absolute atomic E-state index is 6.51. The van der Waals surface area contributed by atoms with Crippen molar-refractivity contribution in [2.24, 2.45) is 5.92 Å². The minimum atomic E-state index is 0.388. The van der Waals surface area contributed by atoms with Gasteiger partial charge in [-0.3, -0.25) is 0 Å². The highest BCUT2D eigenvalue weighted by Gasteiger charge is 2.21. The Hall–Kier alpha value is -0.490. The van der Waals surface area contributed by atoms with Crippen molar-refractivity contribution in [1.82, 2.24) is 0 Å². The van der Waals surface area contributed by atoms with Gasteiger partial charge in [-0.1, -0.05) is 37.5 Å². The van der Waals surface area contributed by atoms with Crippen LogP contribution in [-0.4, -0.2) is 5.38 Å². The van der Waals surface area contributed by atoms with Crippen LogP contribution in [0.25, 0.3) is 0 Å². The lowest BCUT2D eigenvalue weighted by Gasteiger charge is -2.20. The average molecular weight is 251 g/mol. The first-order valence-corrected chi connectivity index (χ1v) is 7.30. The zero-order valence-electron chi connectivity index (χ0n) is 11.0. The van der Waals surface area contributed by atoms with Gasteiger partial charge in [0.25, 0.3) is 0 Å². The van der Waals surface area contributed by atoms with E-state index in [1.54, 1.807) is 0 Å². The van der Waals surface area contributed by atoms with Crippen LogP contribution in [0.1, 0.15) is 48.8 Å². The molecule has 0 saturated heterocycles. The zero-order valence-corrected chi connectivity index (χ0v) is 11.8. The van der Waals surface area contributed by atoms with Crippen molar-refractivity contribution in [3.8, 4) is 0 Å². The van der Waals surface area contributed by atoms with Gasteiger partial charge in [-0.15, -0.1) is 11.6 Å². The van der Waals surface area contributed by atoms with Gasteiger partial charge in [0.15, 0.2) is 0 Å². The maximum Gasteiger partial charge on any atom is 0.0367 e. The molecule has 2 atom stereocenters. The summed E-state index contributed by atoms with van der Waals surface area (Å²) in [6.07, 6.45) is 7.72. The summed E-state index contributed by atoms with van der Waals surface area (Å²) in [5.41, 5.74) is 4.25. The molecule has 0 N–H and O–H groups in total. The molecule has 0 radical (unpaired) electrons. The molecule has 94 valence electrons.